The largest absolute Gasteiger partial charge is 0.462 e. The number of hydrogen-bond acceptors (Lipinski definition) is 4. The van der Waals surface area contributed by atoms with Crippen molar-refractivity contribution in [3.05, 3.63) is 24.3 Å². The third-order valence-corrected chi connectivity index (χ3v) is 10.0. The minimum Gasteiger partial charge on any atom is -0.462 e. The number of aliphatic hydroxyl groups excluding tert-OH is 1. The zero-order valence-electron chi connectivity index (χ0n) is 33.5. The summed E-state index contributed by atoms with van der Waals surface area (Å²) in [6, 6.07) is 0.443. The van der Waals surface area contributed by atoms with Crippen molar-refractivity contribution >= 4 is 5.97 Å². The molecule has 0 aliphatic heterocycles. The molecule has 0 fully saturated rings. The molecular formula is C45H87NO3. The Morgan fingerprint density at radius 2 is 0.980 bits per heavy atom. The van der Waals surface area contributed by atoms with Gasteiger partial charge in [0.05, 0.1) is 0 Å². The Labute approximate surface area is 307 Å². The number of aliphatic hydroxyl groups is 1. The molecule has 0 amide bonds. The molecule has 0 bridgehead atoms. The van der Waals surface area contributed by atoms with Gasteiger partial charge in [-0.3, -0.25) is 4.79 Å². The van der Waals surface area contributed by atoms with Crippen molar-refractivity contribution in [1.29, 1.82) is 0 Å². The molecule has 4 nitrogen and oxygen atoms in total. The van der Waals surface area contributed by atoms with Gasteiger partial charge in [0, 0.05) is 19.1 Å². The van der Waals surface area contributed by atoms with Crippen LogP contribution in [0.3, 0.4) is 0 Å². The summed E-state index contributed by atoms with van der Waals surface area (Å²) in [5.74, 6) is 0.0313. The monoisotopic (exact) mass is 690 g/mol. The first-order valence-corrected chi connectivity index (χ1v) is 22.0. The Morgan fingerprint density at radius 1 is 0.531 bits per heavy atom. The van der Waals surface area contributed by atoms with E-state index in [2.05, 4.69) is 50.4 Å². The van der Waals surface area contributed by atoms with Gasteiger partial charge >= 0.3 is 5.97 Å². The lowest BCUT2D eigenvalue weighted by molar-refractivity contribution is -0.150. The quantitative estimate of drug-likeness (QED) is 0.0382. The van der Waals surface area contributed by atoms with E-state index in [9.17, 15) is 9.90 Å². The average Bonchev–Trinajstić information content (AvgIpc) is 3.10. The number of esters is 1. The van der Waals surface area contributed by atoms with Gasteiger partial charge in [0.2, 0.25) is 0 Å². The Hall–Kier alpha value is -1.13. The van der Waals surface area contributed by atoms with Crippen molar-refractivity contribution in [2.24, 2.45) is 0 Å². The fraction of sp³-hybridized carbons (Fsp3) is 0.889. The fourth-order valence-electron chi connectivity index (χ4n) is 6.75. The van der Waals surface area contributed by atoms with Crippen LogP contribution in [0.4, 0.5) is 0 Å². The number of rotatable bonds is 40. The third-order valence-electron chi connectivity index (χ3n) is 10.0. The van der Waals surface area contributed by atoms with E-state index in [0.717, 1.165) is 45.1 Å². The SMILES string of the molecule is CCCCC/C=C\C/C=C\CCCCCCCC(CCO)NCCCCCCCC(=O)OC(CCCCCCCC)CCCCCCCC. The van der Waals surface area contributed by atoms with E-state index < -0.39 is 0 Å². The van der Waals surface area contributed by atoms with Gasteiger partial charge in [0.15, 0.2) is 0 Å². The van der Waals surface area contributed by atoms with E-state index in [0.29, 0.717) is 12.5 Å². The van der Waals surface area contributed by atoms with Crippen LogP contribution in [0.25, 0.3) is 0 Å². The molecule has 0 radical (unpaired) electrons. The van der Waals surface area contributed by atoms with Crippen LogP contribution in [0.15, 0.2) is 24.3 Å². The number of carbonyl (C=O) groups is 1. The van der Waals surface area contributed by atoms with Crippen molar-refractivity contribution in [2.75, 3.05) is 13.2 Å². The van der Waals surface area contributed by atoms with Crippen LogP contribution in [0.5, 0.6) is 0 Å². The van der Waals surface area contributed by atoms with Crippen molar-refractivity contribution in [1.82, 2.24) is 5.32 Å². The molecule has 0 aromatic rings. The maximum atomic E-state index is 12.7. The molecule has 49 heavy (non-hydrogen) atoms. The summed E-state index contributed by atoms with van der Waals surface area (Å²) in [6.45, 7) is 8.10. The third kappa shape index (κ3) is 37.9. The lowest BCUT2D eigenvalue weighted by Gasteiger charge is -2.18. The van der Waals surface area contributed by atoms with Crippen LogP contribution < -0.4 is 5.32 Å². The highest BCUT2D eigenvalue weighted by Crippen LogP contribution is 2.18. The van der Waals surface area contributed by atoms with E-state index in [1.54, 1.807) is 0 Å². The molecule has 0 aliphatic carbocycles. The maximum Gasteiger partial charge on any atom is 0.306 e. The Balaban J connectivity index is 3.93. The van der Waals surface area contributed by atoms with Crippen LogP contribution in [-0.2, 0) is 9.53 Å². The molecule has 0 spiro atoms. The van der Waals surface area contributed by atoms with Crippen LogP contribution in [0.1, 0.15) is 233 Å². The van der Waals surface area contributed by atoms with Crippen molar-refractivity contribution in [2.45, 2.75) is 245 Å². The molecule has 0 saturated carbocycles. The van der Waals surface area contributed by atoms with Gasteiger partial charge in [0.25, 0.3) is 0 Å². The number of nitrogens with one attached hydrogen (secondary N) is 1. The second-order valence-corrected chi connectivity index (χ2v) is 14.9. The second kappa shape index (κ2) is 41.3. The van der Waals surface area contributed by atoms with Crippen LogP contribution in [0, 0.1) is 0 Å². The molecule has 0 aliphatic rings. The van der Waals surface area contributed by atoms with Crippen molar-refractivity contribution in [3.63, 3.8) is 0 Å². The lowest BCUT2D eigenvalue weighted by Crippen LogP contribution is -2.30. The van der Waals surface area contributed by atoms with Gasteiger partial charge in [-0.15, -0.1) is 0 Å². The summed E-state index contributed by atoms with van der Waals surface area (Å²) in [4.78, 5) is 12.7. The molecule has 290 valence electrons. The van der Waals surface area contributed by atoms with E-state index in [1.165, 1.54) is 167 Å². The normalized spacial score (nSPS) is 12.6. The van der Waals surface area contributed by atoms with E-state index in [-0.39, 0.29) is 18.7 Å². The van der Waals surface area contributed by atoms with Gasteiger partial charge in [-0.2, -0.15) is 0 Å². The minimum absolute atomic E-state index is 0.0313. The topological polar surface area (TPSA) is 58.6 Å². The number of hydrogen-bond donors (Lipinski definition) is 2. The van der Waals surface area contributed by atoms with Gasteiger partial charge in [-0.25, -0.2) is 0 Å². The average molecular weight is 690 g/mol. The number of carbonyl (C=O) groups excluding carboxylic acids is 1. The van der Waals surface area contributed by atoms with Crippen molar-refractivity contribution in [3.8, 4) is 0 Å². The van der Waals surface area contributed by atoms with Crippen LogP contribution in [-0.4, -0.2) is 36.4 Å². The summed E-state index contributed by atoms with van der Waals surface area (Å²) in [7, 11) is 0. The van der Waals surface area contributed by atoms with Gasteiger partial charge in [0.1, 0.15) is 6.10 Å². The highest BCUT2D eigenvalue weighted by molar-refractivity contribution is 5.69. The molecule has 0 heterocycles. The first-order valence-electron chi connectivity index (χ1n) is 22.0. The summed E-state index contributed by atoms with van der Waals surface area (Å²) in [5, 5.41) is 13.3. The van der Waals surface area contributed by atoms with E-state index in [4.69, 9.17) is 4.74 Å². The summed E-state index contributed by atoms with van der Waals surface area (Å²) in [6.07, 6.45) is 49.3. The summed E-state index contributed by atoms with van der Waals surface area (Å²) in [5.41, 5.74) is 0. The standard InChI is InChI=1S/C45H87NO3/c1-4-7-10-13-16-17-18-19-20-21-22-23-24-26-31-36-43(40-42-47)46-41-35-30-25-29-34-39-45(48)49-44(37-32-27-14-11-8-5-2)38-33-28-15-12-9-6-3/h16-17,19-20,43-44,46-47H,4-15,18,21-42H2,1-3H3/b17-16-,20-19-. The number of allylic oxidation sites excluding steroid dienone is 4. The molecule has 1 unspecified atom stereocenters. The van der Waals surface area contributed by atoms with Crippen LogP contribution in [0.2, 0.25) is 0 Å². The number of ether oxygens (including phenoxy) is 1. The predicted molar refractivity (Wildman–Crippen MR) is 216 cm³/mol. The predicted octanol–water partition coefficient (Wildman–Crippen LogP) is 13.9. The maximum absolute atomic E-state index is 12.7. The zero-order valence-corrected chi connectivity index (χ0v) is 33.5. The molecule has 0 aromatic heterocycles. The zero-order chi connectivity index (χ0) is 35.7. The molecule has 1 atom stereocenters. The molecule has 2 N–H and O–H groups in total. The van der Waals surface area contributed by atoms with Gasteiger partial charge in [-0.1, -0.05) is 167 Å². The second-order valence-electron chi connectivity index (χ2n) is 14.9. The van der Waals surface area contributed by atoms with Crippen molar-refractivity contribution < 1.29 is 14.6 Å². The summed E-state index contributed by atoms with van der Waals surface area (Å²) >= 11 is 0. The summed E-state index contributed by atoms with van der Waals surface area (Å²) < 4.78 is 6.02. The first kappa shape index (κ1) is 47.9. The smallest absolute Gasteiger partial charge is 0.306 e. The highest BCUT2D eigenvalue weighted by atomic mass is 16.5. The lowest BCUT2D eigenvalue weighted by atomic mass is 10.0. The van der Waals surface area contributed by atoms with Gasteiger partial charge in [-0.05, 0) is 90.0 Å². The highest BCUT2D eigenvalue weighted by Gasteiger charge is 2.14. The number of unbranched alkanes of at least 4 members (excludes halogenated alkanes) is 22. The van der Waals surface area contributed by atoms with E-state index in [1.807, 2.05) is 0 Å². The fourth-order valence-corrected chi connectivity index (χ4v) is 6.75. The van der Waals surface area contributed by atoms with Crippen LogP contribution >= 0.6 is 0 Å². The van der Waals surface area contributed by atoms with E-state index >= 15 is 0 Å². The molecule has 0 rings (SSSR count). The molecule has 0 aromatic carbocycles. The molecule has 0 saturated heterocycles. The van der Waals surface area contributed by atoms with Gasteiger partial charge < -0.3 is 15.2 Å². The Bertz CT molecular complexity index is 689. The Morgan fingerprint density at radius 3 is 1.55 bits per heavy atom. The molecular weight excluding hydrogens is 602 g/mol. The molecule has 4 heteroatoms. The Kier molecular flexibility index (Phi) is 40.3. The minimum atomic E-state index is 0.0313. The first-order chi connectivity index (χ1) is 24.2.